The molecular formula is C21H24F3N3O4S. The number of aliphatic carboxylic acids is 1. The number of hydrogen-bond donors (Lipinski definition) is 1. The van der Waals surface area contributed by atoms with Crippen molar-refractivity contribution in [1.82, 2.24) is 9.29 Å². The number of hydrogen-bond acceptors (Lipinski definition) is 5. The van der Waals surface area contributed by atoms with E-state index in [4.69, 9.17) is 5.11 Å². The lowest BCUT2D eigenvalue weighted by atomic mass is 10.1. The number of halogens is 3. The van der Waals surface area contributed by atoms with Gasteiger partial charge in [0, 0.05) is 31.4 Å². The third-order valence-corrected chi connectivity index (χ3v) is 7.35. The maximum Gasteiger partial charge on any atom is 0.417 e. The molecule has 3 rings (SSSR count). The molecule has 1 aliphatic heterocycles. The van der Waals surface area contributed by atoms with E-state index in [0.717, 1.165) is 12.3 Å². The van der Waals surface area contributed by atoms with Gasteiger partial charge in [-0.05, 0) is 56.2 Å². The Bertz CT molecular complexity index is 1090. The van der Waals surface area contributed by atoms with Crippen LogP contribution < -0.4 is 4.90 Å². The topological polar surface area (TPSA) is 90.8 Å². The van der Waals surface area contributed by atoms with Crippen LogP contribution >= 0.6 is 0 Å². The monoisotopic (exact) mass is 471 g/mol. The second-order valence-electron chi connectivity index (χ2n) is 7.99. The van der Waals surface area contributed by atoms with Crippen molar-refractivity contribution in [2.45, 2.75) is 50.3 Å². The molecule has 32 heavy (non-hydrogen) atoms. The number of nitrogens with zero attached hydrogens (tertiary/aromatic N) is 3. The number of carboxylic acid groups (broad SMARTS) is 1. The standard InChI is InChI=1S/C21H24F3N3O4S/c1-13-4-6-18(8-16(13)9-20(28)29)32(30,31)26-11-14(2)27(15(3)12-26)19-7-5-17(10-25-19)21(22,23)24/h4-8,10,14-15H,9,11-12H2,1-3H3,(H,28,29). The number of carboxylic acids is 1. The molecule has 174 valence electrons. The SMILES string of the molecule is Cc1ccc(S(=O)(=O)N2CC(C)N(c3ccc(C(F)(F)F)cn3)C(C)C2)cc1CC(=O)O. The number of benzene rings is 1. The van der Waals surface area contributed by atoms with Crippen LogP contribution in [0.25, 0.3) is 0 Å². The summed E-state index contributed by atoms with van der Waals surface area (Å²) in [6.07, 6.45) is -3.99. The zero-order chi connectivity index (χ0) is 23.8. The Morgan fingerprint density at radius 1 is 1.16 bits per heavy atom. The van der Waals surface area contributed by atoms with Gasteiger partial charge in [-0.2, -0.15) is 17.5 Å². The number of sulfonamides is 1. The molecule has 1 fully saturated rings. The van der Waals surface area contributed by atoms with Crippen LogP contribution in [-0.2, 0) is 27.4 Å². The maximum absolute atomic E-state index is 13.2. The first-order valence-corrected chi connectivity index (χ1v) is 11.4. The number of piperazine rings is 1. The fourth-order valence-corrected chi connectivity index (χ4v) is 5.59. The molecule has 11 heteroatoms. The predicted octanol–water partition coefficient (Wildman–Crippen LogP) is 3.32. The number of anilines is 1. The van der Waals surface area contributed by atoms with Crippen molar-refractivity contribution in [2.24, 2.45) is 0 Å². The Labute approximate surface area is 184 Å². The number of alkyl halides is 3. The van der Waals surface area contributed by atoms with E-state index in [2.05, 4.69) is 4.98 Å². The first-order chi connectivity index (χ1) is 14.8. The third-order valence-electron chi connectivity index (χ3n) is 5.53. The van der Waals surface area contributed by atoms with Gasteiger partial charge in [0.1, 0.15) is 5.82 Å². The second-order valence-corrected chi connectivity index (χ2v) is 9.93. The number of pyridine rings is 1. The molecule has 0 amide bonds. The molecule has 7 nitrogen and oxygen atoms in total. The van der Waals surface area contributed by atoms with Crippen molar-refractivity contribution in [3.63, 3.8) is 0 Å². The van der Waals surface area contributed by atoms with Gasteiger partial charge in [0.25, 0.3) is 0 Å². The van der Waals surface area contributed by atoms with E-state index in [-0.39, 0.29) is 36.5 Å². The fourth-order valence-electron chi connectivity index (χ4n) is 3.94. The van der Waals surface area contributed by atoms with E-state index in [1.807, 2.05) is 0 Å². The highest BCUT2D eigenvalue weighted by Crippen LogP contribution is 2.31. The van der Waals surface area contributed by atoms with Gasteiger partial charge in [0.2, 0.25) is 10.0 Å². The van der Waals surface area contributed by atoms with Gasteiger partial charge >= 0.3 is 12.1 Å². The van der Waals surface area contributed by atoms with Gasteiger partial charge in [-0.15, -0.1) is 0 Å². The summed E-state index contributed by atoms with van der Waals surface area (Å²) in [6, 6.07) is 5.98. The van der Waals surface area contributed by atoms with Crippen molar-refractivity contribution >= 4 is 21.8 Å². The molecule has 0 radical (unpaired) electrons. The maximum atomic E-state index is 13.2. The van der Waals surface area contributed by atoms with E-state index < -0.39 is 27.7 Å². The Morgan fingerprint density at radius 2 is 1.78 bits per heavy atom. The van der Waals surface area contributed by atoms with Gasteiger partial charge in [0.05, 0.1) is 16.9 Å². The number of carbonyl (C=O) groups is 1. The Kier molecular flexibility index (Phi) is 6.52. The second kappa shape index (κ2) is 8.70. The molecular weight excluding hydrogens is 447 g/mol. The van der Waals surface area contributed by atoms with E-state index in [1.165, 1.54) is 22.5 Å². The Morgan fingerprint density at radius 3 is 2.28 bits per heavy atom. The molecule has 1 saturated heterocycles. The molecule has 1 aromatic carbocycles. The minimum atomic E-state index is -4.48. The van der Waals surface area contributed by atoms with E-state index in [1.54, 1.807) is 31.7 Å². The normalized spacial score (nSPS) is 20.4. The molecule has 1 aromatic heterocycles. The van der Waals surface area contributed by atoms with Crippen LogP contribution in [0.15, 0.2) is 41.4 Å². The first-order valence-electron chi connectivity index (χ1n) is 9.93. The Balaban J connectivity index is 1.84. The highest BCUT2D eigenvalue weighted by Gasteiger charge is 2.37. The van der Waals surface area contributed by atoms with Crippen LogP contribution in [-0.4, -0.2) is 54.0 Å². The summed E-state index contributed by atoms with van der Waals surface area (Å²) in [5.74, 6) is -0.711. The fraction of sp³-hybridized carbons (Fsp3) is 0.429. The van der Waals surface area contributed by atoms with Crippen LogP contribution in [0.2, 0.25) is 0 Å². The van der Waals surface area contributed by atoms with Gasteiger partial charge < -0.3 is 10.0 Å². The van der Waals surface area contributed by atoms with E-state index >= 15 is 0 Å². The predicted molar refractivity (Wildman–Crippen MR) is 112 cm³/mol. The van der Waals surface area contributed by atoms with Gasteiger partial charge in [0.15, 0.2) is 0 Å². The molecule has 0 aliphatic carbocycles. The molecule has 0 spiro atoms. The molecule has 2 heterocycles. The van der Waals surface area contributed by atoms with Crippen LogP contribution in [0, 0.1) is 6.92 Å². The Hall–Kier alpha value is -2.66. The summed E-state index contributed by atoms with van der Waals surface area (Å²) >= 11 is 0. The minimum Gasteiger partial charge on any atom is -0.481 e. The molecule has 2 aromatic rings. The molecule has 1 aliphatic rings. The quantitative estimate of drug-likeness (QED) is 0.720. The van der Waals surface area contributed by atoms with Crippen molar-refractivity contribution in [3.8, 4) is 0 Å². The zero-order valence-corrected chi connectivity index (χ0v) is 18.6. The van der Waals surface area contributed by atoms with Gasteiger partial charge in [-0.25, -0.2) is 13.4 Å². The largest absolute Gasteiger partial charge is 0.481 e. The van der Waals surface area contributed by atoms with Crippen molar-refractivity contribution in [2.75, 3.05) is 18.0 Å². The summed E-state index contributed by atoms with van der Waals surface area (Å²) < 4.78 is 66.3. The molecule has 2 atom stereocenters. The summed E-state index contributed by atoms with van der Waals surface area (Å²) in [5.41, 5.74) is 0.262. The third kappa shape index (κ3) is 4.88. The number of aryl methyl sites for hydroxylation is 1. The van der Waals surface area contributed by atoms with Gasteiger partial charge in [-0.1, -0.05) is 6.07 Å². The summed E-state index contributed by atoms with van der Waals surface area (Å²) in [4.78, 5) is 16.8. The molecule has 1 N–H and O–H groups in total. The molecule has 2 unspecified atom stereocenters. The van der Waals surface area contributed by atoms with Crippen LogP contribution in [0.1, 0.15) is 30.5 Å². The highest BCUT2D eigenvalue weighted by molar-refractivity contribution is 7.89. The molecule has 0 bridgehead atoms. The molecule has 0 saturated carbocycles. The average Bonchev–Trinajstić information content (AvgIpc) is 2.68. The summed E-state index contributed by atoms with van der Waals surface area (Å²) in [7, 11) is -3.89. The van der Waals surface area contributed by atoms with Crippen molar-refractivity contribution in [3.05, 3.63) is 53.2 Å². The van der Waals surface area contributed by atoms with Crippen LogP contribution in [0.3, 0.4) is 0 Å². The van der Waals surface area contributed by atoms with Crippen LogP contribution in [0.4, 0.5) is 19.0 Å². The van der Waals surface area contributed by atoms with Crippen molar-refractivity contribution in [1.29, 1.82) is 0 Å². The number of aromatic nitrogens is 1. The minimum absolute atomic E-state index is 0.0138. The summed E-state index contributed by atoms with van der Waals surface area (Å²) in [5, 5.41) is 9.07. The zero-order valence-electron chi connectivity index (χ0n) is 17.8. The van der Waals surface area contributed by atoms with Gasteiger partial charge in [-0.3, -0.25) is 4.79 Å². The van der Waals surface area contributed by atoms with Crippen molar-refractivity contribution < 1.29 is 31.5 Å². The lowest BCUT2D eigenvalue weighted by molar-refractivity contribution is -0.138. The van der Waals surface area contributed by atoms with Crippen LogP contribution in [0.5, 0.6) is 0 Å². The summed E-state index contributed by atoms with van der Waals surface area (Å²) in [6.45, 7) is 5.49. The number of rotatable bonds is 5. The average molecular weight is 472 g/mol. The lowest BCUT2D eigenvalue weighted by Gasteiger charge is -2.44. The first kappa shape index (κ1) is 24.0. The highest BCUT2D eigenvalue weighted by atomic mass is 32.2. The van der Waals surface area contributed by atoms with E-state index in [0.29, 0.717) is 16.9 Å². The lowest BCUT2D eigenvalue weighted by Crippen LogP contribution is -2.58. The smallest absolute Gasteiger partial charge is 0.417 e. The van der Waals surface area contributed by atoms with E-state index in [9.17, 15) is 26.4 Å².